The zero-order valence-corrected chi connectivity index (χ0v) is 14.6. The van der Waals surface area contributed by atoms with Gasteiger partial charge in [-0.2, -0.15) is 0 Å². The Balaban J connectivity index is 1.68. The molecule has 0 saturated heterocycles. The second kappa shape index (κ2) is 4.91. The molecule has 2 heteroatoms. The van der Waals surface area contributed by atoms with Crippen LogP contribution in [0.2, 0.25) is 0 Å². The van der Waals surface area contributed by atoms with Gasteiger partial charge in [0.1, 0.15) is 5.78 Å². The highest BCUT2D eigenvalue weighted by molar-refractivity contribution is 6.01. The van der Waals surface area contributed by atoms with E-state index in [0.717, 1.165) is 18.8 Å². The molecule has 0 bridgehead atoms. The maximum Gasteiger partial charge on any atom is 0.178 e. The van der Waals surface area contributed by atoms with E-state index in [1.165, 1.54) is 31.3 Å². The van der Waals surface area contributed by atoms with Gasteiger partial charge in [0, 0.05) is 11.3 Å². The maximum absolute atomic E-state index is 12.1. The average molecular weight is 312 g/mol. The highest BCUT2D eigenvalue weighted by Crippen LogP contribution is 2.65. The van der Waals surface area contributed by atoms with E-state index in [-0.39, 0.29) is 22.5 Å². The highest BCUT2D eigenvalue weighted by Gasteiger charge is 2.59. The zero-order chi connectivity index (χ0) is 16.4. The smallest absolute Gasteiger partial charge is 0.178 e. The Morgan fingerprint density at radius 2 is 1.91 bits per heavy atom. The molecule has 0 aromatic rings. The first kappa shape index (κ1) is 15.4. The minimum absolute atomic E-state index is 0.0759. The molecule has 0 radical (unpaired) electrons. The number of hydrogen-bond donors (Lipinski definition) is 0. The maximum atomic E-state index is 12.1. The van der Waals surface area contributed by atoms with Crippen molar-refractivity contribution in [2.75, 3.05) is 0 Å². The van der Waals surface area contributed by atoms with Crippen LogP contribution in [-0.4, -0.2) is 11.6 Å². The molecule has 3 saturated carbocycles. The third kappa shape index (κ3) is 1.99. The van der Waals surface area contributed by atoms with E-state index in [1.807, 2.05) is 6.08 Å². The van der Waals surface area contributed by atoms with Gasteiger partial charge in [-0.1, -0.05) is 25.5 Å². The number of hydrogen-bond acceptors (Lipinski definition) is 2. The molecule has 0 aromatic carbocycles. The van der Waals surface area contributed by atoms with Crippen LogP contribution >= 0.6 is 0 Å². The van der Waals surface area contributed by atoms with Gasteiger partial charge in [0.2, 0.25) is 0 Å². The van der Waals surface area contributed by atoms with E-state index in [9.17, 15) is 9.59 Å². The average Bonchev–Trinajstić information content (AvgIpc) is 2.85. The first-order valence-electron chi connectivity index (χ1n) is 9.31. The van der Waals surface area contributed by atoms with Crippen molar-refractivity contribution in [2.45, 2.75) is 59.3 Å². The van der Waals surface area contributed by atoms with Gasteiger partial charge in [-0.3, -0.25) is 9.59 Å². The molecule has 4 aliphatic carbocycles. The molecular weight excluding hydrogens is 284 g/mol. The Bertz CT molecular complexity index is 628. The van der Waals surface area contributed by atoms with Crippen LogP contribution in [0.15, 0.2) is 23.8 Å². The van der Waals surface area contributed by atoms with Crippen LogP contribution in [0.3, 0.4) is 0 Å². The van der Waals surface area contributed by atoms with E-state index in [0.29, 0.717) is 17.6 Å². The van der Waals surface area contributed by atoms with Gasteiger partial charge in [0.25, 0.3) is 0 Å². The van der Waals surface area contributed by atoms with Crippen molar-refractivity contribution >= 4 is 11.6 Å². The second-order valence-electron chi connectivity index (χ2n) is 8.89. The summed E-state index contributed by atoms with van der Waals surface area (Å²) in [5.41, 5.74) is 1.65. The summed E-state index contributed by atoms with van der Waals surface area (Å²) in [4.78, 5) is 23.9. The lowest BCUT2D eigenvalue weighted by Crippen LogP contribution is -2.50. The Labute approximate surface area is 139 Å². The van der Waals surface area contributed by atoms with Gasteiger partial charge in [-0.05, 0) is 80.8 Å². The Morgan fingerprint density at radius 3 is 2.65 bits per heavy atom. The van der Waals surface area contributed by atoms with E-state index < -0.39 is 0 Å². The summed E-state index contributed by atoms with van der Waals surface area (Å²) in [5.74, 6) is 2.91. The van der Waals surface area contributed by atoms with Gasteiger partial charge >= 0.3 is 0 Å². The zero-order valence-electron chi connectivity index (χ0n) is 14.6. The highest BCUT2D eigenvalue weighted by atomic mass is 16.1. The van der Waals surface area contributed by atoms with Crippen LogP contribution in [0.5, 0.6) is 0 Å². The third-order valence-electron chi connectivity index (χ3n) is 8.05. The molecular formula is C21H28O2. The van der Waals surface area contributed by atoms with Crippen molar-refractivity contribution in [2.24, 2.45) is 34.5 Å². The molecule has 23 heavy (non-hydrogen) atoms. The van der Waals surface area contributed by atoms with Crippen LogP contribution in [0.4, 0.5) is 0 Å². The SMILES string of the molecule is CC(=O)[C@H]1CC[C@H]2[C@@H]3CCC4=CC(=O)C=C[C@]4(C)[C@@H]3CC[C@]12C. The van der Waals surface area contributed by atoms with E-state index in [1.54, 1.807) is 13.0 Å². The van der Waals surface area contributed by atoms with Crippen LogP contribution in [0, 0.1) is 34.5 Å². The van der Waals surface area contributed by atoms with Crippen molar-refractivity contribution < 1.29 is 9.59 Å². The molecule has 124 valence electrons. The summed E-state index contributed by atoms with van der Waals surface area (Å²) in [7, 11) is 0. The second-order valence-corrected chi connectivity index (χ2v) is 8.89. The predicted octanol–water partition coefficient (Wildman–Crippen LogP) is 4.50. The molecule has 0 spiro atoms. The van der Waals surface area contributed by atoms with Crippen molar-refractivity contribution in [3.63, 3.8) is 0 Å². The number of Topliss-reactive ketones (excluding diaryl/α,β-unsaturated/α-hetero) is 1. The summed E-state index contributed by atoms with van der Waals surface area (Å²) >= 11 is 0. The quantitative estimate of drug-likeness (QED) is 0.714. The van der Waals surface area contributed by atoms with Gasteiger partial charge in [-0.25, -0.2) is 0 Å². The molecule has 6 atom stereocenters. The lowest BCUT2D eigenvalue weighted by molar-refractivity contribution is -0.127. The molecule has 4 rings (SSSR count). The number of rotatable bonds is 1. The number of allylic oxidation sites excluding steroid dienone is 4. The topological polar surface area (TPSA) is 34.1 Å². The summed E-state index contributed by atoms with van der Waals surface area (Å²) in [6.07, 6.45) is 12.8. The summed E-state index contributed by atoms with van der Waals surface area (Å²) in [6, 6.07) is 0. The summed E-state index contributed by atoms with van der Waals surface area (Å²) < 4.78 is 0. The normalized spacial score (nSPS) is 48.3. The van der Waals surface area contributed by atoms with Gasteiger partial charge in [-0.15, -0.1) is 0 Å². The fourth-order valence-electron chi connectivity index (χ4n) is 6.87. The summed E-state index contributed by atoms with van der Waals surface area (Å²) in [6.45, 7) is 6.53. The molecule has 0 aromatic heterocycles. The van der Waals surface area contributed by atoms with E-state index in [4.69, 9.17) is 0 Å². The van der Waals surface area contributed by atoms with Gasteiger partial charge in [0.05, 0.1) is 0 Å². The summed E-state index contributed by atoms with van der Waals surface area (Å²) in [5, 5.41) is 0. The van der Waals surface area contributed by atoms with E-state index >= 15 is 0 Å². The minimum Gasteiger partial charge on any atom is -0.300 e. The Morgan fingerprint density at radius 1 is 1.13 bits per heavy atom. The van der Waals surface area contributed by atoms with Gasteiger partial charge < -0.3 is 0 Å². The van der Waals surface area contributed by atoms with Crippen LogP contribution in [-0.2, 0) is 9.59 Å². The van der Waals surface area contributed by atoms with Crippen LogP contribution < -0.4 is 0 Å². The predicted molar refractivity (Wildman–Crippen MR) is 90.8 cm³/mol. The first-order chi connectivity index (χ1) is 10.9. The third-order valence-corrected chi connectivity index (χ3v) is 8.05. The van der Waals surface area contributed by atoms with Gasteiger partial charge in [0.15, 0.2) is 5.78 Å². The number of ketones is 2. The minimum atomic E-state index is 0.0759. The largest absolute Gasteiger partial charge is 0.300 e. The lowest BCUT2D eigenvalue weighted by Gasteiger charge is -2.56. The molecule has 2 nitrogen and oxygen atoms in total. The Hall–Kier alpha value is -1.18. The lowest BCUT2D eigenvalue weighted by atomic mass is 9.47. The fraction of sp³-hybridized carbons (Fsp3) is 0.714. The number of fused-ring (bicyclic) bond motifs is 5. The van der Waals surface area contributed by atoms with E-state index in [2.05, 4.69) is 19.9 Å². The Kier molecular flexibility index (Phi) is 3.28. The van der Waals surface area contributed by atoms with Crippen molar-refractivity contribution in [1.82, 2.24) is 0 Å². The van der Waals surface area contributed by atoms with Crippen molar-refractivity contribution in [1.29, 1.82) is 0 Å². The molecule has 0 amide bonds. The molecule has 3 fully saturated rings. The molecule has 0 heterocycles. The first-order valence-corrected chi connectivity index (χ1v) is 9.31. The van der Waals surface area contributed by atoms with Crippen molar-refractivity contribution in [3.8, 4) is 0 Å². The standard InChI is InChI=1S/C21H28O2/c1-13(22)17-6-7-18-16-5-4-14-12-15(23)8-10-20(14,2)19(16)9-11-21(17,18)3/h8,10,12,16-19H,4-7,9,11H2,1-3H3/t16-,17+,18-,19+,20-,21+/m0/s1. The molecule has 0 unspecified atom stereocenters. The number of carbonyl (C=O) groups excluding carboxylic acids is 2. The van der Waals surface area contributed by atoms with Crippen molar-refractivity contribution in [3.05, 3.63) is 23.8 Å². The molecule has 0 N–H and O–H groups in total. The van der Waals surface area contributed by atoms with Crippen LogP contribution in [0.25, 0.3) is 0 Å². The number of carbonyl (C=O) groups is 2. The molecule has 4 aliphatic rings. The fourth-order valence-corrected chi connectivity index (χ4v) is 6.87. The molecule has 0 aliphatic heterocycles. The monoisotopic (exact) mass is 312 g/mol. The van der Waals surface area contributed by atoms with Crippen LogP contribution in [0.1, 0.15) is 59.3 Å².